The van der Waals surface area contributed by atoms with E-state index >= 15 is 0 Å². The van der Waals surface area contributed by atoms with Crippen molar-refractivity contribution >= 4 is 12.7 Å². The van der Waals surface area contributed by atoms with Gasteiger partial charge in [0.2, 0.25) is 0 Å². The number of halogens is 1. The van der Waals surface area contributed by atoms with Crippen LogP contribution in [-0.4, -0.2) is 24.9 Å². The summed E-state index contributed by atoms with van der Waals surface area (Å²) in [4.78, 5) is 0. The van der Waals surface area contributed by atoms with E-state index in [1.165, 1.54) is 0 Å². The van der Waals surface area contributed by atoms with Gasteiger partial charge in [0.25, 0.3) is 0 Å². The van der Waals surface area contributed by atoms with Crippen LogP contribution < -0.4 is 5.73 Å². The molecule has 0 amide bonds. The maximum atomic E-state index is 14.8. The summed E-state index contributed by atoms with van der Waals surface area (Å²) in [6.45, 7) is 9.62. The zero-order chi connectivity index (χ0) is 17.3. The fourth-order valence-electron chi connectivity index (χ4n) is 2.24. The molecule has 0 radical (unpaired) electrons. The van der Waals surface area contributed by atoms with Crippen LogP contribution in [0.15, 0.2) is 30.0 Å². The van der Waals surface area contributed by atoms with Crippen molar-refractivity contribution in [3.63, 3.8) is 0 Å². The maximum Gasteiger partial charge on any atom is 0.525 e. The lowest BCUT2D eigenvalue weighted by Gasteiger charge is -2.32. The highest BCUT2D eigenvalue weighted by Gasteiger charge is 2.53. The SMILES string of the molecule is CC(=C(F)B1OC(C)(C)C(C)(C)O1)c1cccc(C#CCN)c1. The Balaban J connectivity index is 2.31. The molecule has 1 heterocycles. The van der Waals surface area contributed by atoms with Crippen molar-refractivity contribution in [2.75, 3.05) is 6.54 Å². The van der Waals surface area contributed by atoms with Crippen LogP contribution in [-0.2, 0) is 9.31 Å². The first kappa shape index (κ1) is 17.7. The molecule has 0 aliphatic carbocycles. The first-order valence-electron chi connectivity index (χ1n) is 7.69. The van der Waals surface area contributed by atoms with E-state index in [1.807, 2.05) is 52.0 Å². The minimum atomic E-state index is -0.987. The molecule has 1 saturated heterocycles. The lowest BCUT2D eigenvalue weighted by atomic mass is 9.83. The molecule has 2 N–H and O–H groups in total. The van der Waals surface area contributed by atoms with Gasteiger partial charge in [0.1, 0.15) is 5.73 Å². The van der Waals surface area contributed by atoms with Gasteiger partial charge >= 0.3 is 7.12 Å². The van der Waals surface area contributed by atoms with Crippen LogP contribution in [0.4, 0.5) is 4.39 Å². The van der Waals surface area contributed by atoms with E-state index in [2.05, 4.69) is 11.8 Å². The average molecular weight is 315 g/mol. The predicted molar refractivity (Wildman–Crippen MR) is 92.2 cm³/mol. The van der Waals surface area contributed by atoms with Crippen LogP contribution in [0.25, 0.3) is 5.57 Å². The minimum absolute atomic E-state index is 0.293. The quantitative estimate of drug-likeness (QED) is 0.672. The normalized spacial score (nSPS) is 19.9. The molecule has 0 saturated carbocycles. The molecule has 1 aromatic carbocycles. The van der Waals surface area contributed by atoms with Crippen LogP contribution in [0.3, 0.4) is 0 Å². The van der Waals surface area contributed by atoms with Crippen molar-refractivity contribution in [1.82, 2.24) is 0 Å². The molecular weight excluding hydrogens is 292 g/mol. The highest BCUT2D eigenvalue weighted by atomic mass is 19.1. The Morgan fingerprint density at radius 3 is 2.39 bits per heavy atom. The predicted octanol–water partition coefficient (Wildman–Crippen LogP) is 3.33. The van der Waals surface area contributed by atoms with Crippen molar-refractivity contribution in [2.45, 2.75) is 45.8 Å². The van der Waals surface area contributed by atoms with Gasteiger partial charge < -0.3 is 15.0 Å². The molecule has 0 atom stereocenters. The van der Waals surface area contributed by atoms with Gasteiger partial charge in [0.15, 0.2) is 0 Å². The second kappa shape index (κ2) is 6.49. The largest absolute Gasteiger partial charge is 0.525 e. The summed E-state index contributed by atoms with van der Waals surface area (Å²) >= 11 is 0. The molecule has 1 aromatic rings. The van der Waals surface area contributed by atoms with Gasteiger partial charge in [-0.1, -0.05) is 24.0 Å². The zero-order valence-corrected chi connectivity index (χ0v) is 14.4. The fraction of sp³-hybridized carbons (Fsp3) is 0.444. The number of allylic oxidation sites excluding steroid dienone is 1. The Labute approximate surface area is 138 Å². The second-order valence-corrected chi connectivity index (χ2v) is 6.65. The van der Waals surface area contributed by atoms with E-state index in [-0.39, 0.29) is 0 Å². The molecule has 0 bridgehead atoms. The molecule has 3 nitrogen and oxygen atoms in total. The molecule has 1 fully saturated rings. The summed E-state index contributed by atoms with van der Waals surface area (Å²) < 4.78 is 26.4. The van der Waals surface area contributed by atoms with Crippen molar-refractivity contribution in [1.29, 1.82) is 0 Å². The van der Waals surface area contributed by atoms with Crippen LogP contribution in [0.1, 0.15) is 45.7 Å². The molecule has 23 heavy (non-hydrogen) atoms. The average Bonchev–Trinajstić information content (AvgIpc) is 2.72. The monoisotopic (exact) mass is 315 g/mol. The van der Waals surface area contributed by atoms with Gasteiger partial charge in [-0.2, -0.15) is 0 Å². The third kappa shape index (κ3) is 3.66. The lowest BCUT2D eigenvalue weighted by molar-refractivity contribution is 0.00578. The van der Waals surface area contributed by atoms with Gasteiger partial charge in [-0.05, 0) is 57.9 Å². The summed E-state index contributed by atoms with van der Waals surface area (Å²) in [5.74, 6) is 5.75. The van der Waals surface area contributed by atoms with E-state index in [4.69, 9.17) is 15.0 Å². The maximum absolute atomic E-state index is 14.8. The summed E-state index contributed by atoms with van der Waals surface area (Å²) in [7, 11) is -0.987. The molecule has 0 aromatic heterocycles. The van der Waals surface area contributed by atoms with Crippen molar-refractivity contribution < 1.29 is 13.7 Å². The van der Waals surface area contributed by atoms with Gasteiger partial charge in [-0.15, -0.1) is 0 Å². The number of benzene rings is 1. The van der Waals surface area contributed by atoms with Crippen LogP contribution in [0.5, 0.6) is 0 Å². The Hall–Kier alpha value is -1.61. The van der Waals surface area contributed by atoms with Crippen LogP contribution in [0, 0.1) is 11.8 Å². The smallest absolute Gasteiger partial charge is 0.398 e. The molecule has 1 aliphatic rings. The van der Waals surface area contributed by atoms with Gasteiger partial charge in [-0.25, -0.2) is 4.39 Å². The topological polar surface area (TPSA) is 44.5 Å². The number of hydrogen-bond donors (Lipinski definition) is 1. The first-order chi connectivity index (χ1) is 10.7. The summed E-state index contributed by atoms with van der Waals surface area (Å²) in [6.07, 6.45) is 0. The molecule has 122 valence electrons. The molecule has 2 rings (SSSR count). The Bertz CT molecular complexity index is 670. The van der Waals surface area contributed by atoms with E-state index in [1.54, 1.807) is 6.92 Å². The molecule has 0 spiro atoms. The minimum Gasteiger partial charge on any atom is -0.398 e. The summed E-state index contributed by atoms with van der Waals surface area (Å²) in [5, 5.41) is 0. The van der Waals surface area contributed by atoms with Crippen LogP contribution in [0.2, 0.25) is 0 Å². The molecule has 5 heteroatoms. The van der Waals surface area contributed by atoms with Crippen molar-refractivity contribution in [2.24, 2.45) is 5.73 Å². The zero-order valence-electron chi connectivity index (χ0n) is 14.4. The van der Waals surface area contributed by atoms with E-state index in [0.717, 1.165) is 11.1 Å². The third-order valence-corrected chi connectivity index (χ3v) is 4.45. The van der Waals surface area contributed by atoms with E-state index in [0.29, 0.717) is 12.1 Å². The highest BCUT2D eigenvalue weighted by Crippen LogP contribution is 2.40. The Morgan fingerprint density at radius 1 is 1.22 bits per heavy atom. The van der Waals surface area contributed by atoms with E-state index in [9.17, 15) is 4.39 Å². The summed E-state index contributed by atoms with van der Waals surface area (Å²) in [6, 6.07) is 7.39. The number of hydrogen-bond acceptors (Lipinski definition) is 3. The second-order valence-electron chi connectivity index (χ2n) is 6.65. The van der Waals surface area contributed by atoms with E-state index < -0.39 is 24.0 Å². The number of rotatable bonds is 2. The molecule has 0 unspecified atom stereocenters. The summed E-state index contributed by atoms with van der Waals surface area (Å²) in [5.41, 5.74) is 5.88. The Morgan fingerprint density at radius 2 is 1.83 bits per heavy atom. The fourth-order valence-corrected chi connectivity index (χ4v) is 2.24. The lowest BCUT2D eigenvalue weighted by Crippen LogP contribution is -2.41. The molecular formula is C18H23BFNO2. The number of nitrogens with two attached hydrogens (primary N) is 1. The standard InChI is InChI=1S/C18H23BFNO2/c1-13(15-10-6-8-14(12-15)9-7-11-21)16(20)19-22-17(2,3)18(4,5)23-19/h6,8,10,12H,11,21H2,1-5H3. The third-order valence-electron chi connectivity index (χ3n) is 4.45. The van der Waals surface area contributed by atoms with Gasteiger partial charge in [0.05, 0.1) is 17.7 Å². The van der Waals surface area contributed by atoms with Crippen molar-refractivity contribution in [3.8, 4) is 11.8 Å². The van der Waals surface area contributed by atoms with Crippen molar-refractivity contribution in [3.05, 3.63) is 41.1 Å². The van der Waals surface area contributed by atoms with Crippen LogP contribution >= 0.6 is 0 Å². The molecule has 1 aliphatic heterocycles. The van der Waals surface area contributed by atoms with Gasteiger partial charge in [-0.3, -0.25) is 0 Å². The van der Waals surface area contributed by atoms with Gasteiger partial charge in [0, 0.05) is 5.56 Å². The Kier molecular flexibility index (Phi) is 5.00. The highest BCUT2D eigenvalue weighted by molar-refractivity contribution is 6.55. The first-order valence-corrected chi connectivity index (χ1v) is 7.69.